The third-order valence-electron chi connectivity index (χ3n) is 4.25. The van der Waals surface area contributed by atoms with Crippen molar-refractivity contribution in [1.82, 2.24) is 0 Å². The molecular weight excluding hydrogens is 383 g/mol. The van der Waals surface area contributed by atoms with E-state index in [1.807, 2.05) is 13.8 Å². The number of hydrogen-bond acceptors (Lipinski definition) is 6. The summed E-state index contributed by atoms with van der Waals surface area (Å²) in [7, 11) is 0. The molecule has 0 aliphatic carbocycles. The molecular formula is C21H24FO5S-. The highest BCUT2D eigenvalue weighted by atomic mass is 32.1. The Hall–Kier alpha value is -2.06. The zero-order valence-electron chi connectivity index (χ0n) is 15.8. The van der Waals surface area contributed by atoms with Gasteiger partial charge in [0, 0.05) is 34.1 Å². The Kier molecular flexibility index (Phi) is 7.88. The summed E-state index contributed by atoms with van der Waals surface area (Å²) < 4.78 is 13.3. The quantitative estimate of drug-likeness (QED) is 0.593. The van der Waals surface area contributed by atoms with Crippen molar-refractivity contribution < 1.29 is 29.6 Å². The van der Waals surface area contributed by atoms with Crippen LogP contribution in [0.3, 0.4) is 0 Å². The van der Waals surface area contributed by atoms with Crippen molar-refractivity contribution in [1.29, 1.82) is 0 Å². The van der Waals surface area contributed by atoms with Gasteiger partial charge in [-0.1, -0.05) is 38.1 Å². The number of thiophene rings is 1. The van der Waals surface area contributed by atoms with E-state index in [0.29, 0.717) is 0 Å². The van der Waals surface area contributed by atoms with E-state index in [1.54, 1.807) is 18.2 Å². The maximum Gasteiger partial charge on any atom is 0.123 e. The molecule has 0 saturated carbocycles. The third kappa shape index (κ3) is 5.72. The zero-order chi connectivity index (χ0) is 20.8. The van der Waals surface area contributed by atoms with Crippen LogP contribution in [0.5, 0.6) is 0 Å². The molecule has 5 nitrogen and oxygen atoms in total. The van der Waals surface area contributed by atoms with Crippen molar-refractivity contribution in [3.8, 4) is 11.1 Å². The van der Waals surface area contributed by atoms with Gasteiger partial charge in [-0.3, -0.25) is 0 Å². The molecule has 3 N–H and O–H groups in total. The maximum atomic E-state index is 13.3. The monoisotopic (exact) mass is 407 g/mol. The normalized spacial score (nSPS) is 14.0. The molecule has 0 aliphatic rings. The van der Waals surface area contributed by atoms with Crippen LogP contribution in [0.15, 0.2) is 30.3 Å². The smallest absolute Gasteiger partial charge is 0.123 e. The second-order valence-electron chi connectivity index (χ2n) is 6.89. The van der Waals surface area contributed by atoms with Crippen LogP contribution in [0.1, 0.15) is 47.9 Å². The minimum Gasteiger partial charge on any atom is -0.550 e. The predicted molar refractivity (Wildman–Crippen MR) is 105 cm³/mol. The molecule has 2 aromatic rings. The predicted octanol–water partition coefficient (Wildman–Crippen LogP) is 2.44. The minimum absolute atomic E-state index is 0.135. The van der Waals surface area contributed by atoms with Crippen LogP contribution < -0.4 is 5.11 Å². The zero-order valence-corrected chi connectivity index (χ0v) is 16.6. The molecule has 0 bridgehead atoms. The Balaban J connectivity index is 2.39. The number of halogens is 1. The van der Waals surface area contributed by atoms with E-state index in [9.17, 15) is 29.6 Å². The Morgan fingerprint density at radius 2 is 1.89 bits per heavy atom. The van der Waals surface area contributed by atoms with Gasteiger partial charge in [0.15, 0.2) is 0 Å². The summed E-state index contributed by atoms with van der Waals surface area (Å²) >= 11 is 1.46. The standard InChI is InChI=1S/C21H25FO5S/c1-12(2)21-17(8-7-15(24)9-16(25)10-19(26)27)20(18(11-23)28-21)13-3-5-14(22)6-4-13/h3-8,12,15-16,23-25H,9-11H2,1-2H3,(H,26,27)/p-1/b8-7+/t15-,16-/m1/s1. The molecule has 1 aromatic heterocycles. The molecule has 0 aliphatic heterocycles. The maximum absolute atomic E-state index is 13.3. The van der Waals surface area contributed by atoms with Crippen molar-refractivity contribution in [3.63, 3.8) is 0 Å². The minimum atomic E-state index is -1.38. The highest BCUT2D eigenvalue weighted by Crippen LogP contribution is 2.41. The van der Waals surface area contributed by atoms with Crippen LogP contribution >= 0.6 is 11.3 Å². The van der Waals surface area contributed by atoms with Crippen LogP contribution in [0.2, 0.25) is 0 Å². The van der Waals surface area contributed by atoms with Gasteiger partial charge < -0.3 is 25.2 Å². The number of carboxylic acid groups (broad SMARTS) is 1. The van der Waals surface area contributed by atoms with Gasteiger partial charge in [0.1, 0.15) is 5.82 Å². The third-order valence-corrected chi connectivity index (χ3v) is 5.74. The molecule has 0 radical (unpaired) electrons. The number of carbonyl (C=O) groups is 1. The summed E-state index contributed by atoms with van der Waals surface area (Å²) in [5.74, 6) is -1.58. The van der Waals surface area contributed by atoms with Gasteiger partial charge in [-0.05, 0) is 29.2 Å². The molecule has 2 atom stereocenters. The molecule has 152 valence electrons. The van der Waals surface area contributed by atoms with Crippen molar-refractivity contribution in [3.05, 3.63) is 51.5 Å². The Bertz CT molecular complexity index is 826. The number of carboxylic acids is 1. The van der Waals surface area contributed by atoms with Gasteiger partial charge in [-0.15, -0.1) is 11.3 Å². The highest BCUT2D eigenvalue weighted by molar-refractivity contribution is 7.12. The average molecular weight is 407 g/mol. The van der Waals surface area contributed by atoms with E-state index in [4.69, 9.17) is 0 Å². The molecule has 0 amide bonds. The van der Waals surface area contributed by atoms with Gasteiger partial charge in [0.25, 0.3) is 0 Å². The highest BCUT2D eigenvalue weighted by Gasteiger charge is 2.20. The number of hydrogen-bond donors (Lipinski definition) is 3. The Morgan fingerprint density at radius 3 is 2.43 bits per heavy atom. The summed E-state index contributed by atoms with van der Waals surface area (Å²) in [6.45, 7) is 3.86. The fourth-order valence-electron chi connectivity index (χ4n) is 2.99. The number of rotatable bonds is 9. The lowest BCUT2D eigenvalue weighted by atomic mass is 9.96. The van der Waals surface area contributed by atoms with Crippen LogP contribution in [0, 0.1) is 5.82 Å². The SMILES string of the molecule is CC(C)c1sc(CO)c(-c2ccc(F)cc2)c1/C=C/[C@@H](O)C[C@@H](O)CC(=O)[O-]. The number of aliphatic hydroxyl groups is 3. The average Bonchev–Trinajstić information content (AvgIpc) is 2.98. The molecule has 1 aromatic carbocycles. The van der Waals surface area contributed by atoms with E-state index in [0.717, 1.165) is 26.4 Å². The number of benzene rings is 1. The van der Waals surface area contributed by atoms with Gasteiger partial charge in [-0.25, -0.2) is 4.39 Å². The van der Waals surface area contributed by atoms with Gasteiger partial charge >= 0.3 is 0 Å². The number of carbonyl (C=O) groups excluding carboxylic acids is 1. The Labute approximate surface area is 167 Å². The van der Waals surface area contributed by atoms with Gasteiger partial charge in [0.05, 0.1) is 18.8 Å². The molecule has 0 fully saturated rings. The largest absolute Gasteiger partial charge is 0.550 e. The lowest BCUT2D eigenvalue weighted by Gasteiger charge is -2.14. The number of aliphatic carboxylic acids is 1. The van der Waals surface area contributed by atoms with Gasteiger partial charge in [-0.2, -0.15) is 0 Å². The molecule has 0 spiro atoms. The molecule has 0 saturated heterocycles. The first-order chi connectivity index (χ1) is 13.2. The molecule has 0 unspecified atom stereocenters. The van der Waals surface area contributed by atoms with Gasteiger partial charge in [0.2, 0.25) is 0 Å². The summed E-state index contributed by atoms with van der Waals surface area (Å²) in [5.41, 5.74) is 2.33. The van der Waals surface area contributed by atoms with E-state index in [2.05, 4.69) is 0 Å². The first-order valence-electron chi connectivity index (χ1n) is 8.99. The van der Waals surface area contributed by atoms with Crippen molar-refractivity contribution in [2.75, 3.05) is 0 Å². The van der Waals surface area contributed by atoms with E-state index in [1.165, 1.54) is 29.5 Å². The van der Waals surface area contributed by atoms with Crippen molar-refractivity contribution >= 4 is 23.4 Å². The lowest BCUT2D eigenvalue weighted by Crippen LogP contribution is -2.29. The fraction of sp³-hybridized carbons (Fsp3) is 0.381. The van der Waals surface area contributed by atoms with Crippen LogP contribution in [0.25, 0.3) is 17.2 Å². The molecule has 1 heterocycles. The summed E-state index contributed by atoms with van der Waals surface area (Å²) in [6, 6.07) is 5.97. The lowest BCUT2D eigenvalue weighted by molar-refractivity contribution is -0.307. The van der Waals surface area contributed by atoms with Crippen molar-refractivity contribution in [2.24, 2.45) is 0 Å². The summed E-state index contributed by atoms with van der Waals surface area (Å²) in [6.07, 6.45) is 0.260. The topological polar surface area (TPSA) is 101 Å². The van der Waals surface area contributed by atoms with Crippen LogP contribution in [-0.4, -0.2) is 33.5 Å². The first kappa shape index (κ1) is 22.2. The molecule has 28 heavy (non-hydrogen) atoms. The Morgan fingerprint density at radius 1 is 1.25 bits per heavy atom. The van der Waals surface area contributed by atoms with Crippen molar-refractivity contribution in [2.45, 2.75) is 51.4 Å². The summed E-state index contributed by atoms with van der Waals surface area (Å²) in [5, 5.41) is 40.1. The molecule has 7 heteroatoms. The van der Waals surface area contributed by atoms with Crippen LogP contribution in [-0.2, 0) is 11.4 Å². The van der Waals surface area contributed by atoms with Crippen LogP contribution in [0.4, 0.5) is 4.39 Å². The number of aliphatic hydroxyl groups excluding tert-OH is 3. The fourth-order valence-corrected chi connectivity index (χ4v) is 4.17. The molecule has 2 rings (SSSR count). The second-order valence-corrected chi connectivity index (χ2v) is 8.03. The van der Waals surface area contributed by atoms with E-state index < -0.39 is 24.6 Å². The van der Waals surface area contributed by atoms with E-state index >= 15 is 0 Å². The first-order valence-corrected chi connectivity index (χ1v) is 9.81. The summed E-state index contributed by atoms with van der Waals surface area (Å²) in [4.78, 5) is 12.3. The van der Waals surface area contributed by atoms with E-state index in [-0.39, 0.29) is 24.8 Å². The second kappa shape index (κ2) is 9.93.